The van der Waals surface area contributed by atoms with Crippen LogP contribution in [0.5, 0.6) is 11.5 Å². The van der Waals surface area contributed by atoms with Crippen LogP contribution >= 0.6 is 0 Å². The molecule has 0 aromatic heterocycles. The van der Waals surface area contributed by atoms with Crippen LogP contribution in [-0.4, -0.2) is 57.5 Å². The summed E-state index contributed by atoms with van der Waals surface area (Å²) >= 11 is 0. The maximum absolute atomic E-state index is 15.4. The Morgan fingerprint density at radius 3 is 2.44 bits per heavy atom. The summed E-state index contributed by atoms with van der Waals surface area (Å²) in [4.78, 5) is 39.2. The number of amides is 2. The van der Waals surface area contributed by atoms with Crippen LogP contribution < -0.4 is 19.7 Å². The lowest BCUT2D eigenvalue weighted by Crippen LogP contribution is -2.34. The van der Waals surface area contributed by atoms with Gasteiger partial charge in [0, 0.05) is 23.4 Å². The van der Waals surface area contributed by atoms with E-state index in [1.54, 1.807) is 56.0 Å². The van der Waals surface area contributed by atoms with E-state index in [-0.39, 0.29) is 35.7 Å². The number of carbonyl (C=O) groups excluding carboxylic acids is 3. The minimum Gasteiger partial charge on any atom is -0.496 e. The van der Waals surface area contributed by atoms with Crippen molar-refractivity contribution in [3.63, 3.8) is 0 Å². The summed E-state index contributed by atoms with van der Waals surface area (Å²) in [6.45, 7) is 5.96. The number of nitrogens with zero attached hydrogens (tertiary/aromatic N) is 1. The number of ether oxygens (including phenoxy) is 4. The molecule has 3 aromatic carbocycles. The average Bonchev–Trinajstić information content (AvgIpc) is 3.35. The second-order valence-electron chi connectivity index (χ2n) is 10.3. The Bertz CT molecular complexity index is 1470. The number of rotatable bonds is 8. The summed E-state index contributed by atoms with van der Waals surface area (Å²) in [5.74, 6) is -0.698. The molecule has 4 rings (SSSR count). The molecule has 0 saturated heterocycles. The molecule has 3 aromatic rings. The van der Waals surface area contributed by atoms with Gasteiger partial charge in [-0.05, 0) is 69.2 Å². The Balaban J connectivity index is 1.59. The number of benzene rings is 3. The van der Waals surface area contributed by atoms with Crippen molar-refractivity contribution in [2.24, 2.45) is 0 Å². The number of hydrogen-bond acceptors (Lipinski definition) is 7. The second-order valence-corrected chi connectivity index (χ2v) is 10.3. The molecule has 1 heterocycles. The van der Waals surface area contributed by atoms with E-state index in [1.165, 1.54) is 38.5 Å². The third-order valence-corrected chi connectivity index (χ3v) is 6.37. The number of anilines is 1. The van der Waals surface area contributed by atoms with Gasteiger partial charge >= 0.3 is 12.1 Å². The number of esters is 1. The van der Waals surface area contributed by atoms with Crippen molar-refractivity contribution in [1.29, 1.82) is 0 Å². The number of para-hydroxylation sites is 1. The van der Waals surface area contributed by atoms with Gasteiger partial charge in [0.25, 0.3) is 5.91 Å². The van der Waals surface area contributed by atoms with Gasteiger partial charge in [-0.2, -0.15) is 0 Å². The van der Waals surface area contributed by atoms with Crippen LogP contribution in [0.15, 0.2) is 54.6 Å². The van der Waals surface area contributed by atoms with E-state index in [0.717, 1.165) is 0 Å². The first-order valence-electron chi connectivity index (χ1n) is 13.1. The van der Waals surface area contributed by atoms with E-state index in [1.807, 2.05) is 0 Å². The molecule has 0 bridgehead atoms. The van der Waals surface area contributed by atoms with Gasteiger partial charge in [-0.3, -0.25) is 4.79 Å². The average molecular weight is 565 g/mol. The molecule has 0 radical (unpaired) electrons. The molecule has 0 spiro atoms. The summed E-state index contributed by atoms with van der Waals surface area (Å²) in [6.07, 6.45) is -0.0938. The second kappa shape index (κ2) is 12.3. The number of nitrogens with one attached hydrogen (secondary N) is 1. The lowest BCUT2D eigenvalue weighted by Gasteiger charge is -2.21. The van der Waals surface area contributed by atoms with Gasteiger partial charge in [0.05, 0.1) is 31.9 Å². The molecule has 10 heteroatoms. The van der Waals surface area contributed by atoms with Crippen molar-refractivity contribution < 1.29 is 37.7 Å². The van der Waals surface area contributed by atoms with Gasteiger partial charge in [0.2, 0.25) is 0 Å². The van der Waals surface area contributed by atoms with Crippen molar-refractivity contribution in [1.82, 2.24) is 5.32 Å². The largest absolute Gasteiger partial charge is 0.496 e. The highest BCUT2D eigenvalue weighted by Crippen LogP contribution is 2.39. The quantitative estimate of drug-likeness (QED) is 0.289. The van der Waals surface area contributed by atoms with E-state index in [0.29, 0.717) is 41.3 Å². The maximum atomic E-state index is 15.4. The van der Waals surface area contributed by atoms with Gasteiger partial charge in [-0.15, -0.1) is 0 Å². The van der Waals surface area contributed by atoms with Gasteiger partial charge in [-0.1, -0.05) is 18.2 Å². The van der Waals surface area contributed by atoms with Crippen molar-refractivity contribution in [2.45, 2.75) is 32.8 Å². The molecule has 0 fully saturated rings. The number of methoxy groups -OCH3 is 2. The summed E-state index contributed by atoms with van der Waals surface area (Å²) in [5.41, 5.74) is 1.77. The molecule has 0 saturated carbocycles. The molecule has 1 N–H and O–H groups in total. The fourth-order valence-electron chi connectivity index (χ4n) is 4.53. The molecule has 0 aliphatic carbocycles. The molecule has 2 amide bonds. The lowest BCUT2D eigenvalue weighted by molar-refractivity contribution is 0.0519. The first-order chi connectivity index (χ1) is 19.5. The highest BCUT2D eigenvalue weighted by molar-refractivity contribution is 6.10. The molecule has 216 valence electrons. The fraction of sp³-hybridized carbons (Fsp3) is 0.323. The highest BCUT2D eigenvalue weighted by Gasteiger charge is 2.30. The van der Waals surface area contributed by atoms with Crippen LogP contribution in [0.25, 0.3) is 11.1 Å². The summed E-state index contributed by atoms with van der Waals surface area (Å²) < 4.78 is 36.7. The van der Waals surface area contributed by atoms with Crippen LogP contribution in [0.3, 0.4) is 0 Å². The lowest BCUT2D eigenvalue weighted by atomic mass is 10.0. The summed E-state index contributed by atoms with van der Waals surface area (Å²) in [5, 5.41) is 2.63. The van der Waals surface area contributed by atoms with Crippen LogP contribution in [0.1, 0.15) is 47.1 Å². The van der Waals surface area contributed by atoms with Crippen molar-refractivity contribution in [3.05, 3.63) is 77.1 Å². The Morgan fingerprint density at radius 1 is 0.976 bits per heavy atom. The van der Waals surface area contributed by atoms with Crippen molar-refractivity contribution in [2.75, 3.05) is 38.8 Å². The molecule has 0 atom stereocenters. The Labute approximate surface area is 238 Å². The van der Waals surface area contributed by atoms with Crippen LogP contribution in [0.4, 0.5) is 14.9 Å². The Hall–Kier alpha value is -4.60. The molecule has 1 aliphatic rings. The zero-order chi connectivity index (χ0) is 29.7. The number of halogens is 1. The normalized spacial score (nSPS) is 12.4. The summed E-state index contributed by atoms with van der Waals surface area (Å²) in [6, 6.07) is 14.5. The fourth-order valence-corrected chi connectivity index (χ4v) is 4.53. The number of alkyl carbamates (subject to hydrolysis) is 1. The minimum atomic E-state index is -0.618. The van der Waals surface area contributed by atoms with Crippen molar-refractivity contribution >= 4 is 23.7 Å². The SMILES string of the molecule is COC(=O)c1ccc(OC)c(C(=O)N2CCc3cc(F)c(-c4ccccc4OCCNC(=O)OC(C)(C)C)cc32)c1. The van der Waals surface area contributed by atoms with E-state index in [4.69, 9.17) is 18.9 Å². The van der Waals surface area contributed by atoms with E-state index in [2.05, 4.69) is 5.32 Å². The van der Waals surface area contributed by atoms with Crippen LogP contribution in [0, 0.1) is 5.82 Å². The molecule has 9 nitrogen and oxygen atoms in total. The molecular formula is C31H33FN2O7. The highest BCUT2D eigenvalue weighted by atomic mass is 19.1. The predicted octanol–water partition coefficient (Wildman–Crippen LogP) is 5.39. The number of carbonyl (C=O) groups is 3. The number of hydrogen-bond donors (Lipinski definition) is 1. The smallest absolute Gasteiger partial charge is 0.407 e. The zero-order valence-corrected chi connectivity index (χ0v) is 23.7. The first kappa shape index (κ1) is 29.4. The Morgan fingerprint density at radius 2 is 1.73 bits per heavy atom. The van der Waals surface area contributed by atoms with E-state index >= 15 is 4.39 Å². The number of fused-ring (bicyclic) bond motifs is 1. The minimum absolute atomic E-state index is 0.129. The molecular weight excluding hydrogens is 531 g/mol. The molecule has 0 unspecified atom stereocenters. The maximum Gasteiger partial charge on any atom is 0.407 e. The third-order valence-electron chi connectivity index (χ3n) is 6.37. The Kier molecular flexibility index (Phi) is 8.80. The first-order valence-corrected chi connectivity index (χ1v) is 13.1. The zero-order valence-electron chi connectivity index (χ0n) is 23.7. The monoisotopic (exact) mass is 564 g/mol. The van der Waals surface area contributed by atoms with Crippen LogP contribution in [-0.2, 0) is 15.9 Å². The topological polar surface area (TPSA) is 103 Å². The van der Waals surface area contributed by atoms with E-state index in [9.17, 15) is 14.4 Å². The van der Waals surface area contributed by atoms with Crippen molar-refractivity contribution in [3.8, 4) is 22.6 Å². The third kappa shape index (κ3) is 6.77. The van der Waals surface area contributed by atoms with Gasteiger partial charge in [0.15, 0.2) is 0 Å². The molecule has 1 aliphatic heterocycles. The van der Waals surface area contributed by atoms with Crippen LogP contribution in [0.2, 0.25) is 0 Å². The van der Waals surface area contributed by atoms with Gasteiger partial charge in [-0.25, -0.2) is 14.0 Å². The van der Waals surface area contributed by atoms with Gasteiger partial charge in [0.1, 0.15) is 29.5 Å². The summed E-state index contributed by atoms with van der Waals surface area (Å²) in [7, 11) is 2.70. The predicted molar refractivity (Wildman–Crippen MR) is 151 cm³/mol. The van der Waals surface area contributed by atoms with Gasteiger partial charge < -0.3 is 29.2 Å². The standard InChI is InChI=1S/C31H33FN2O7/c1-31(2,3)41-30(37)33-13-15-40-27-9-7-6-8-21(27)22-18-25-19(17-24(22)32)12-14-34(25)28(35)23-16-20(29(36)39-5)10-11-26(23)38-4/h6-11,16-18H,12-15H2,1-5H3,(H,33,37). The van der Waals surface area contributed by atoms with E-state index < -0.39 is 23.5 Å². The molecule has 41 heavy (non-hydrogen) atoms.